The molecule has 0 radical (unpaired) electrons. The van der Waals surface area contributed by atoms with Gasteiger partial charge in [0, 0.05) is 6.04 Å². The van der Waals surface area contributed by atoms with Crippen LogP contribution in [0.2, 0.25) is 0 Å². The van der Waals surface area contributed by atoms with Crippen LogP contribution in [0, 0.1) is 0 Å². The van der Waals surface area contributed by atoms with Gasteiger partial charge in [0.25, 0.3) is 0 Å². The Balaban J connectivity index is 1.86. The van der Waals surface area contributed by atoms with Crippen molar-refractivity contribution in [1.29, 1.82) is 0 Å². The molecule has 1 aliphatic rings. The molecule has 0 aliphatic carbocycles. The maximum Gasteiger partial charge on any atom is 0.249 e. The van der Waals surface area contributed by atoms with Crippen LogP contribution in [0.1, 0.15) is 6.42 Å². The highest BCUT2D eigenvalue weighted by Crippen LogP contribution is 2.11. The van der Waals surface area contributed by atoms with Crippen LogP contribution in [0.25, 0.3) is 0 Å². The van der Waals surface area contributed by atoms with Crippen LogP contribution in [-0.2, 0) is 9.84 Å². The highest BCUT2D eigenvalue weighted by molar-refractivity contribution is 7.91. The zero-order valence-electron chi connectivity index (χ0n) is 8.80. The molecule has 10 heteroatoms. The number of aromatic amines is 1. The van der Waals surface area contributed by atoms with Gasteiger partial charge in [-0.3, -0.25) is 5.32 Å². The van der Waals surface area contributed by atoms with Crippen molar-refractivity contribution >= 4 is 39.1 Å². The summed E-state index contributed by atoms with van der Waals surface area (Å²) in [6, 6.07) is -0.156. The van der Waals surface area contributed by atoms with Gasteiger partial charge in [-0.1, -0.05) is 0 Å². The molecular formula is C7H12N6O2S2. The number of hydrogen-bond acceptors (Lipinski definition) is 6. The summed E-state index contributed by atoms with van der Waals surface area (Å²) in [6.07, 6.45) is 0.556. The molecule has 17 heavy (non-hydrogen) atoms. The summed E-state index contributed by atoms with van der Waals surface area (Å²) in [5.74, 6) is 0.728. The van der Waals surface area contributed by atoms with E-state index in [2.05, 4.69) is 25.8 Å². The Morgan fingerprint density at radius 2 is 2.35 bits per heavy atom. The van der Waals surface area contributed by atoms with Gasteiger partial charge in [0.2, 0.25) is 11.9 Å². The maximum absolute atomic E-state index is 11.2. The maximum atomic E-state index is 11.2. The van der Waals surface area contributed by atoms with Gasteiger partial charge >= 0.3 is 0 Å². The molecule has 0 unspecified atom stereocenters. The Kier molecular flexibility index (Phi) is 3.15. The van der Waals surface area contributed by atoms with E-state index in [4.69, 9.17) is 18.0 Å². The van der Waals surface area contributed by atoms with Gasteiger partial charge in [-0.15, -0.1) is 5.10 Å². The van der Waals surface area contributed by atoms with Crippen molar-refractivity contribution in [2.45, 2.75) is 12.5 Å². The van der Waals surface area contributed by atoms with Crippen LogP contribution in [0.15, 0.2) is 0 Å². The monoisotopic (exact) mass is 276 g/mol. The number of nitrogens with two attached hydrogens (primary N) is 1. The zero-order chi connectivity index (χ0) is 12.5. The topological polar surface area (TPSA) is 126 Å². The zero-order valence-corrected chi connectivity index (χ0v) is 10.4. The third kappa shape index (κ3) is 3.27. The molecule has 94 valence electrons. The molecule has 1 aromatic heterocycles. The van der Waals surface area contributed by atoms with Gasteiger partial charge in [0.15, 0.2) is 14.9 Å². The summed E-state index contributed by atoms with van der Waals surface area (Å²) in [5, 5.41) is 12.1. The Hall–Kier alpha value is -1.42. The molecule has 2 heterocycles. The Bertz CT molecular complexity index is 524. The van der Waals surface area contributed by atoms with Crippen LogP contribution in [0.5, 0.6) is 0 Å². The molecule has 0 aromatic carbocycles. The fourth-order valence-electron chi connectivity index (χ4n) is 1.56. The highest BCUT2D eigenvalue weighted by Gasteiger charge is 2.28. The lowest BCUT2D eigenvalue weighted by atomic mass is 10.3. The Morgan fingerprint density at radius 1 is 1.59 bits per heavy atom. The average molecular weight is 276 g/mol. The second-order valence-corrected chi connectivity index (χ2v) is 6.38. The third-order valence-electron chi connectivity index (χ3n) is 2.30. The van der Waals surface area contributed by atoms with E-state index in [0.717, 1.165) is 0 Å². The lowest BCUT2D eigenvalue weighted by molar-refractivity contribution is 0.600. The lowest BCUT2D eigenvalue weighted by Gasteiger charge is -2.12. The largest absolute Gasteiger partial charge is 0.368 e. The number of rotatable bonds is 2. The van der Waals surface area contributed by atoms with Crippen LogP contribution < -0.4 is 16.4 Å². The molecule has 1 atom stereocenters. The summed E-state index contributed by atoms with van der Waals surface area (Å²) in [5.41, 5.74) is 5.34. The van der Waals surface area contributed by atoms with Crippen molar-refractivity contribution < 1.29 is 8.42 Å². The molecule has 1 fully saturated rings. The molecular weight excluding hydrogens is 264 g/mol. The van der Waals surface area contributed by atoms with Gasteiger partial charge in [-0.05, 0) is 18.6 Å². The van der Waals surface area contributed by atoms with E-state index in [1.165, 1.54) is 0 Å². The SMILES string of the molecule is Nc1nc(NC(=S)N[C@@H]2CCS(=O)(=O)C2)n[nH]1. The number of anilines is 2. The van der Waals surface area contributed by atoms with Crippen molar-refractivity contribution in [3.63, 3.8) is 0 Å². The van der Waals surface area contributed by atoms with E-state index in [1.807, 2.05) is 0 Å². The van der Waals surface area contributed by atoms with E-state index < -0.39 is 9.84 Å². The average Bonchev–Trinajstić information content (AvgIpc) is 2.73. The normalized spacial score (nSPS) is 22.2. The van der Waals surface area contributed by atoms with Crippen LogP contribution in [-0.4, -0.2) is 46.3 Å². The standard InChI is InChI=1S/C7H12N6O2S2/c8-5-10-6(13-12-5)11-7(16)9-4-1-2-17(14,15)3-4/h4H,1-3H2,(H5,8,9,10,11,12,13,16)/t4-/m1/s1. The smallest absolute Gasteiger partial charge is 0.249 e. The minimum atomic E-state index is -2.92. The number of nitrogens with one attached hydrogen (secondary N) is 3. The number of thiocarbonyl (C=S) groups is 1. The molecule has 5 N–H and O–H groups in total. The van der Waals surface area contributed by atoms with Gasteiger partial charge in [0.05, 0.1) is 11.5 Å². The summed E-state index contributed by atoms with van der Waals surface area (Å²) >= 11 is 5.01. The number of sulfone groups is 1. The second-order valence-electron chi connectivity index (χ2n) is 3.74. The van der Waals surface area contributed by atoms with E-state index in [9.17, 15) is 8.42 Å². The first-order valence-corrected chi connectivity index (χ1v) is 7.13. The number of hydrogen-bond donors (Lipinski definition) is 4. The Labute approximate surface area is 103 Å². The third-order valence-corrected chi connectivity index (χ3v) is 4.28. The second kappa shape index (κ2) is 4.45. The van der Waals surface area contributed by atoms with Gasteiger partial charge < -0.3 is 11.1 Å². The number of H-pyrrole nitrogens is 1. The van der Waals surface area contributed by atoms with E-state index in [0.29, 0.717) is 6.42 Å². The first kappa shape index (κ1) is 12.0. The van der Waals surface area contributed by atoms with Crippen molar-refractivity contribution in [2.24, 2.45) is 0 Å². The lowest BCUT2D eigenvalue weighted by Crippen LogP contribution is -2.38. The van der Waals surface area contributed by atoms with Crippen molar-refractivity contribution in [2.75, 3.05) is 22.6 Å². The summed E-state index contributed by atoms with van der Waals surface area (Å²) in [4.78, 5) is 3.81. The predicted octanol–water partition coefficient (Wildman–Crippen LogP) is -1.14. The number of nitrogens with zero attached hydrogens (tertiary/aromatic N) is 2. The molecule has 0 bridgehead atoms. The first-order valence-electron chi connectivity index (χ1n) is 4.90. The molecule has 0 spiro atoms. The minimum absolute atomic E-state index is 0.102. The quantitative estimate of drug-likeness (QED) is 0.499. The molecule has 1 saturated heterocycles. The van der Waals surface area contributed by atoms with Crippen molar-refractivity contribution in [3.05, 3.63) is 0 Å². The van der Waals surface area contributed by atoms with Gasteiger partial charge in [-0.2, -0.15) is 4.98 Å². The molecule has 2 rings (SSSR count). The number of aromatic nitrogens is 3. The molecule has 0 amide bonds. The number of nitrogen functional groups attached to an aromatic ring is 1. The predicted molar refractivity (Wildman–Crippen MR) is 67.2 cm³/mol. The summed E-state index contributed by atoms with van der Waals surface area (Å²) in [6.45, 7) is 0. The van der Waals surface area contributed by atoms with Crippen molar-refractivity contribution in [1.82, 2.24) is 20.5 Å². The molecule has 1 aliphatic heterocycles. The molecule has 1 aromatic rings. The van der Waals surface area contributed by atoms with E-state index in [-0.39, 0.29) is 34.6 Å². The Morgan fingerprint density at radius 3 is 2.88 bits per heavy atom. The fourth-order valence-corrected chi connectivity index (χ4v) is 3.49. The fraction of sp³-hybridized carbons (Fsp3) is 0.571. The van der Waals surface area contributed by atoms with Crippen LogP contribution in [0.3, 0.4) is 0 Å². The van der Waals surface area contributed by atoms with E-state index in [1.54, 1.807) is 0 Å². The van der Waals surface area contributed by atoms with Gasteiger partial charge in [-0.25, -0.2) is 13.5 Å². The van der Waals surface area contributed by atoms with E-state index >= 15 is 0 Å². The minimum Gasteiger partial charge on any atom is -0.368 e. The highest BCUT2D eigenvalue weighted by atomic mass is 32.2. The molecule has 0 saturated carbocycles. The molecule has 8 nitrogen and oxygen atoms in total. The summed E-state index contributed by atoms with van der Waals surface area (Å²) in [7, 11) is -2.92. The van der Waals surface area contributed by atoms with Crippen molar-refractivity contribution in [3.8, 4) is 0 Å². The van der Waals surface area contributed by atoms with Gasteiger partial charge in [0.1, 0.15) is 0 Å². The first-order chi connectivity index (χ1) is 7.94. The summed E-state index contributed by atoms with van der Waals surface area (Å²) < 4.78 is 22.5. The van der Waals surface area contributed by atoms with Crippen LogP contribution in [0.4, 0.5) is 11.9 Å². The van der Waals surface area contributed by atoms with Crippen LogP contribution >= 0.6 is 12.2 Å².